The van der Waals surface area contributed by atoms with E-state index in [0.29, 0.717) is 6.42 Å². The van der Waals surface area contributed by atoms with E-state index in [2.05, 4.69) is 20.8 Å². The first-order chi connectivity index (χ1) is 10.6. The molecular weight excluding hydrogens is 384 g/mol. The number of hydrogen-bond donors (Lipinski definition) is 1. The normalized spacial score (nSPS) is 15.1. The van der Waals surface area contributed by atoms with Crippen molar-refractivity contribution < 1.29 is 14.7 Å². The third kappa shape index (κ3) is 6.49. The number of amides is 1. The Morgan fingerprint density at radius 3 is 2.22 bits per heavy atom. The van der Waals surface area contributed by atoms with E-state index < -0.39 is 5.97 Å². The van der Waals surface area contributed by atoms with Crippen molar-refractivity contribution in [3.63, 3.8) is 0 Å². The van der Waals surface area contributed by atoms with Crippen LogP contribution in [0.5, 0.6) is 0 Å². The molecule has 0 aliphatic carbocycles. The Kier molecular flexibility index (Phi) is 8.58. The van der Waals surface area contributed by atoms with E-state index in [1.165, 1.54) is 0 Å². The number of halogens is 2. The van der Waals surface area contributed by atoms with Gasteiger partial charge in [-0.25, -0.2) is 0 Å². The number of carbonyl (C=O) groups excluding carboxylic acids is 1. The summed E-state index contributed by atoms with van der Waals surface area (Å²) < 4.78 is 0.968. The second kappa shape index (κ2) is 9.90. The smallest absolute Gasteiger partial charge is 0.303 e. The Bertz CT molecular complexity index is 517. The number of carboxylic acids is 1. The molecule has 128 valence electrons. The highest BCUT2D eigenvalue weighted by atomic mass is 79.9. The van der Waals surface area contributed by atoms with E-state index >= 15 is 0 Å². The predicted molar refractivity (Wildman–Crippen MR) is 95.2 cm³/mol. The van der Waals surface area contributed by atoms with Crippen molar-refractivity contribution in [2.45, 2.75) is 19.3 Å². The van der Waals surface area contributed by atoms with Gasteiger partial charge in [-0.3, -0.25) is 14.5 Å². The first-order valence-electron chi connectivity index (χ1n) is 7.55. The van der Waals surface area contributed by atoms with Crippen molar-refractivity contribution in [1.82, 2.24) is 9.80 Å². The molecule has 0 saturated carbocycles. The number of benzene rings is 1. The summed E-state index contributed by atoms with van der Waals surface area (Å²) in [6.45, 7) is 4.08. The number of aliphatic carboxylic acids is 1. The molecule has 1 aliphatic rings. The summed E-state index contributed by atoms with van der Waals surface area (Å²) in [6, 6.07) is 7.44. The maximum atomic E-state index is 12.4. The Hall–Kier alpha value is -1.11. The number of unbranched alkanes of at least 4 members (excludes halogenated alkanes) is 1. The molecule has 0 radical (unpaired) electrons. The van der Waals surface area contributed by atoms with E-state index in [1.807, 2.05) is 29.2 Å². The Balaban J connectivity index is 0.00000264. The third-order valence-electron chi connectivity index (χ3n) is 3.87. The lowest BCUT2D eigenvalue weighted by Gasteiger charge is -2.34. The number of piperazine rings is 1. The predicted octanol–water partition coefficient (Wildman–Crippen LogP) is 2.88. The average Bonchev–Trinajstić information content (AvgIpc) is 2.52. The van der Waals surface area contributed by atoms with Crippen LogP contribution in [0, 0.1) is 0 Å². The van der Waals surface area contributed by atoms with Gasteiger partial charge in [-0.2, -0.15) is 0 Å². The van der Waals surface area contributed by atoms with Crippen LogP contribution in [0.25, 0.3) is 0 Å². The summed E-state index contributed by atoms with van der Waals surface area (Å²) in [5.74, 6) is -0.650. The second-order valence-corrected chi connectivity index (χ2v) is 6.41. The van der Waals surface area contributed by atoms with Gasteiger partial charge >= 0.3 is 5.97 Å². The van der Waals surface area contributed by atoms with E-state index in [1.54, 1.807) is 0 Å². The lowest BCUT2D eigenvalue weighted by Crippen LogP contribution is -2.48. The molecule has 1 amide bonds. The highest BCUT2D eigenvalue weighted by molar-refractivity contribution is 9.10. The molecule has 0 atom stereocenters. The van der Waals surface area contributed by atoms with Crippen LogP contribution in [0.4, 0.5) is 0 Å². The molecule has 1 heterocycles. The van der Waals surface area contributed by atoms with Crippen LogP contribution in [0.2, 0.25) is 0 Å². The van der Waals surface area contributed by atoms with Crippen molar-refractivity contribution in [1.29, 1.82) is 0 Å². The van der Waals surface area contributed by atoms with Gasteiger partial charge in [0.1, 0.15) is 0 Å². The van der Waals surface area contributed by atoms with Gasteiger partial charge in [-0.15, -0.1) is 12.4 Å². The molecule has 5 nitrogen and oxygen atoms in total. The molecule has 1 N–H and O–H groups in total. The quantitative estimate of drug-likeness (QED) is 0.739. The van der Waals surface area contributed by atoms with Crippen LogP contribution in [0.15, 0.2) is 28.7 Å². The molecule has 23 heavy (non-hydrogen) atoms. The Morgan fingerprint density at radius 1 is 1.04 bits per heavy atom. The minimum Gasteiger partial charge on any atom is -0.481 e. The third-order valence-corrected chi connectivity index (χ3v) is 4.39. The molecule has 0 unspecified atom stereocenters. The fourth-order valence-electron chi connectivity index (χ4n) is 2.56. The van der Waals surface area contributed by atoms with Crippen molar-refractivity contribution >= 4 is 40.2 Å². The van der Waals surface area contributed by atoms with Crippen LogP contribution < -0.4 is 0 Å². The summed E-state index contributed by atoms with van der Waals surface area (Å²) in [5, 5.41) is 8.61. The Morgan fingerprint density at radius 2 is 1.65 bits per heavy atom. The van der Waals surface area contributed by atoms with E-state index in [4.69, 9.17) is 5.11 Å². The molecule has 1 saturated heterocycles. The average molecular weight is 406 g/mol. The standard InChI is InChI=1S/C16H21BrN2O3.ClH/c17-14-6-4-13(5-7-14)16(22)19-11-9-18(10-12-19)8-2-1-3-15(20)21;/h4-7H,1-3,8-12H2,(H,20,21);1H. The van der Waals surface area contributed by atoms with Crippen LogP contribution in [0.1, 0.15) is 29.6 Å². The number of rotatable bonds is 6. The first kappa shape index (κ1) is 19.9. The zero-order valence-corrected chi connectivity index (χ0v) is 15.3. The van der Waals surface area contributed by atoms with Gasteiger partial charge in [-0.1, -0.05) is 15.9 Å². The van der Waals surface area contributed by atoms with Gasteiger partial charge in [0.15, 0.2) is 0 Å². The minimum absolute atomic E-state index is 0. The summed E-state index contributed by atoms with van der Waals surface area (Å²) in [7, 11) is 0. The number of nitrogens with zero attached hydrogens (tertiary/aromatic N) is 2. The highest BCUT2D eigenvalue weighted by Crippen LogP contribution is 2.14. The molecule has 2 rings (SSSR count). The molecule has 1 aromatic rings. The minimum atomic E-state index is -0.732. The summed E-state index contributed by atoms with van der Waals surface area (Å²) in [4.78, 5) is 27.0. The van der Waals surface area contributed by atoms with Crippen molar-refractivity contribution in [3.8, 4) is 0 Å². The monoisotopic (exact) mass is 404 g/mol. The van der Waals surface area contributed by atoms with Gasteiger partial charge in [0.05, 0.1) is 0 Å². The maximum absolute atomic E-state index is 12.4. The Labute approximate surface area is 151 Å². The molecule has 7 heteroatoms. The van der Waals surface area contributed by atoms with Crippen molar-refractivity contribution in [2.75, 3.05) is 32.7 Å². The summed E-state index contributed by atoms with van der Waals surface area (Å²) in [5.41, 5.74) is 0.720. The lowest BCUT2D eigenvalue weighted by atomic mass is 10.1. The van der Waals surface area contributed by atoms with E-state index in [9.17, 15) is 9.59 Å². The molecule has 0 bridgehead atoms. The first-order valence-corrected chi connectivity index (χ1v) is 8.34. The van der Waals surface area contributed by atoms with Gasteiger partial charge < -0.3 is 10.0 Å². The van der Waals surface area contributed by atoms with Gasteiger partial charge in [0.2, 0.25) is 0 Å². The lowest BCUT2D eigenvalue weighted by molar-refractivity contribution is -0.137. The molecular formula is C16H22BrClN2O3. The zero-order valence-electron chi connectivity index (χ0n) is 12.9. The van der Waals surface area contributed by atoms with Gasteiger partial charge in [-0.05, 0) is 43.7 Å². The van der Waals surface area contributed by atoms with Crippen LogP contribution in [-0.4, -0.2) is 59.5 Å². The molecule has 0 spiro atoms. The topological polar surface area (TPSA) is 60.9 Å². The molecule has 1 fully saturated rings. The fourth-order valence-corrected chi connectivity index (χ4v) is 2.83. The molecule has 0 aromatic heterocycles. The fraction of sp³-hybridized carbons (Fsp3) is 0.500. The summed E-state index contributed by atoms with van der Waals surface area (Å²) in [6.07, 6.45) is 1.85. The molecule has 1 aliphatic heterocycles. The zero-order chi connectivity index (χ0) is 15.9. The number of carbonyl (C=O) groups is 2. The van der Waals surface area contributed by atoms with Gasteiger partial charge in [0, 0.05) is 42.6 Å². The van der Waals surface area contributed by atoms with Crippen molar-refractivity contribution in [2.24, 2.45) is 0 Å². The summed E-state index contributed by atoms with van der Waals surface area (Å²) >= 11 is 3.37. The number of carboxylic acid groups (broad SMARTS) is 1. The SMILES string of the molecule is Cl.O=C(O)CCCCN1CCN(C(=O)c2ccc(Br)cc2)CC1. The molecule has 1 aromatic carbocycles. The van der Waals surface area contributed by atoms with Crippen LogP contribution in [-0.2, 0) is 4.79 Å². The second-order valence-electron chi connectivity index (χ2n) is 5.49. The van der Waals surface area contributed by atoms with Gasteiger partial charge in [0.25, 0.3) is 5.91 Å². The van der Waals surface area contributed by atoms with Crippen LogP contribution >= 0.6 is 28.3 Å². The van der Waals surface area contributed by atoms with E-state index in [0.717, 1.165) is 49.2 Å². The van der Waals surface area contributed by atoms with E-state index in [-0.39, 0.29) is 24.7 Å². The van der Waals surface area contributed by atoms with Crippen LogP contribution in [0.3, 0.4) is 0 Å². The maximum Gasteiger partial charge on any atom is 0.303 e. The van der Waals surface area contributed by atoms with Crippen molar-refractivity contribution in [3.05, 3.63) is 34.3 Å². The largest absolute Gasteiger partial charge is 0.481 e. The number of hydrogen-bond acceptors (Lipinski definition) is 3. The highest BCUT2D eigenvalue weighted by Gasteiger charge is 2.21.